The van der Waals surface area contributed by atoms with Crippen LogP contribution in [-0.4, -0.2) is 14.0 Å². The van der Waals surface area contributed by atoms with E-state index in [9.17, 15) is 0 Å². The fourth-order valence-corrected chi connectivity index (χ4v) is 5.10. The first-order valence-corrected chi connectivity index (χ1v) is 12.4. The number of hydrogen-bond acceptors (Lipinski definition) is 4. The van der Waals surface area contributed by atoms with Crippen molar-refractivity contribution in [2.75, 3.05) is 20.9 Å². The van der Waals surface area contributed by atoms with Gasteiger partial charge in [-0.2, -0.15) is 0 Å². The quantitative estimate of drug-likeness (QED) is 0.267. The number of rotatable bonds is 4. The lowest BCUT2D eigenvalue weighted by atomic mass is 9.69. The monoisotopic (exact) mass is 462 g/mol. The molecule has 0 radical (unpaired) electrons. The number of benzene rings is 5. The SMILES string of the molecule is c1ccc(-c2ccc(B3Nc4cc5c(cc4N3)NB(c3ccc(-c4ccccc4)cc3)N5)cc2)cc1. The van der Waals surface area contributed by atoms with Crippen molar-refractivity contribution in [3.63, 3.8) is 0 Å². The molecule has 5 aromatic carbocycles. The molecule has 4 N–H and O–H groups in total. The minimum atomic E-state index is 0.0497. The largest absolute Gasteiger partial charge is 0.406 e. The van der Waals surface area contributed by atoms with Gasteiger partial charge in [-0.25, -0.2) is 0 Å². The number of hydrogen-bond donors (Lipinski definition) is 4. The van der Waals surface area contributed by atoms with Crippen molar-refractivity contribution < 1.29 is 0 Å². The van der Waals surface area contributed by atoms with Gasteiger partial charge in [0.1, 0.15) is 0 Å². The Labute approximate surface area is 212 Å². The van der Waals surface area contributed by atoms with Crippen LogP contribution < -0.4 is 31.8 Å². The summed E-state index contributed by atoms with van der Waals surface area (Å²) in [5, 5.41) is 14.6. The van der Waals surface area contributed by atoms with E-state index in [-0.39, 0.29) is 14.0 Å². The second kappa shape index (κ2) is 8.58. The highest BCUT2D eigenvalue weighted by atomic mass is 15.1. The topological polar surface area (TPSA) is 48.1 Å². The molecule has 0 saturated heterocycles. The number of nitrogens with one attached hydrogen (secondary N) is 4. The molecule has 0 bridgehead atoms. The second-order valence-corrected chi connectivity index (χ2v) is 9.36. The first-order chi connectivity index (χ1) is 17.8. The molecule has 0 spiro atoms. The first-order valence-electron chi connectivity index (χ1n) is 12.4. The average molecular weight is 462 g/mol. The van der Waals surface area contributed by atoms with Crippen LogP contribution in [0, 0.1) is 0 Å². The predicted octanol–water partition coefficient (Wildman–Crippen LogP) is 5.49. The maximum atomic E-state index is 3.64. The zero-order valence-corrected chi connectivity index (χ0v) is 19.7. The lowest BCUT2D eigenvalue weighted by molar-refractivity contribution is 1.63. The summed E-state index contributed by atoms with van der Waals surface area (Å²) in [4.78, 5) is 0. The van der Waals surface area contributed by atoms with Crippen molar-refractivity contribution in [3.05, 3.63) is 121 Å². The van der Waals surface area contributed by atoms with Crippen LogP contribution in [0.1, 0.15) is 0 Å². The summed E-state index contributed by atoms with van der Waals surface area (Å²) in [6.45, 7) is 0.0994. The molecule has 2 aliphatic rings. The van der Waals surface area contributed by atoms with Crippen LogP contribution in [0.5, 0.6) is 0 Å². The van der Waals surface area contributed by atoms with Crippen molar-refractivity contribution in [1.82, 2.24) is 0 Å². The van der Waals surface area contributed by atoms with Crippen molar-refractivity contribution in [1.29, 1.82) is 0 Å². The molecule has 0 aromatic heterocycles. The average Bonchev–Trinajstić information content (AvgIpc) is 3.56. The zero-order valence-electron chi connectivity index (χ0n) is 19.7. The van der Waals surface area contributed by atoms with E-state index >= 15 is 0 Å². The lowest BCUT2D eigenvalue weighted by Crippen LogP contribution is -2.42. The van der Waals surface area contributed by atoms with Gasteiger partial charge in [0.15, 0.2) is 0 Å². The Morgan fingerprint density at radius 1 is 0.333 bits per heavy atom. The normalized spacial score (nSPS) is 13.2. The summed E-state index contributed by atoms with van der Waals surface area (Å²) in [6.07, 6.45) is 0. The molecule has 0 unspecified atom stereocenters. The standard InChI is InChI=1S/C30H24B2N4/c1-3-7-21(8-4-1)23-11-15-25(16-12-23)31-33-27-19-29-30(20-28(27)34-31)36-32(35-29)26-17-13-24(14-18-26)22-9-5-2-6-10-22/h1-20,33-36H. The summed E-state index contributed by atoms with van der Waals surface area (Å²) in [5.41, 5.74) is 11.8. The minimum absolute atomic E-state index is 0.0497. The zero-order chi connectivity index (χ0) is 23.9. The summed E-state index contributed by atoms with van der Waals surface area (Å²) < 4.78 is 0. The van der Waals surface area contributed by atoms with Gasteiger partial charge in [0, 0.05) is 22.7 Å². The van der Waals surface area contributed by atoms with Gasteiger partial charge in [-0.3, -0.25) is 0 Å². The molecule has 4 nitrogen and oxygen atoms in total. The molecule has 36 heavy (non-hydrogen) atoms. The highest BCUT2D eigenvalue weighted by Crippen LogP contribution is 2.39. The maximum absolute atomic E-state index is 3.64. The van der Waals surface area contributed by atoms with E-state index in [0.29, 0.717) is 0 Å². The van der Waals surface area contributed by atoms with Crippen molar-refractivity contribution >= 4 is 47.6 Å². The van der Waals surface area contributed by atoms with E-state index in [1.807, 2.05) is 12.1 Å². The Hall–Kier alpha value is -4.57. The number of fused-ring (bicyclic) bond motifs is 2. The van der Waals surface area contributed by atoms with Crippen molar-refractivity contribution in [2.45, 2.75) is 0 Å². The molecule has 5 aromatic rings. The molecule has 0 atom stereocenters. The van der Waals surface area contributed by atoms with Crippen LogP contribution in [0.4, 0.5) is 22.7 Å². The van der Waals surface area contributed by atoms with Gasteiger partial charge < -0.3 is 20.9 Å². The van der Waals surface area contributed by atoms with Gasteiger partial charge in [-0.05, 0) is 45.3 Å². The second-order valence-electron chi connectivity index (χ2n) is 9.36. The molecule has 2 aliphatic heterocycles. The maximum Gasteiger partial charge on any atom is 0.406 e. The lowest BCUT2D eigenvalue weighted by Gasteiger charge is -2.10. The van der Waals surface area contributed by atoms with Crippen LogP contribution in [0.25, 0.3) is 22.3 Å². The van der Waals surface area contributed by atoms with E-state index in [0.717, 1.165) is 22.7 Å². The van der Waals surface area contributed by atoms with Crippen LogP contribution in [0.2, 0.25) is 0 Å². The summed E-state index contributed by atoms with van der Waals surface area (Å²) in [5.74, 6) is 0. The van der Waals surface area contributed by atoms with Gasteiger partial charge in [0.05, 0.1) is 0 Å². The van der Waals surface area contributed by atoms with Gasteiger partial charge in [-0.15, -0.1) is 0 Å². The summed E-state index contributed by atoms with van der Waals surface area (Å²) >= 11 is 0. The molecule has 0 aliphatic carbocycles. The van der Waals surface area contributed by atoms with Gasteiger partial charge in [0.25, 0.3) is 0 Å². The Kier molecular flexibility index (Phi) is 4.95. The smallest absolute Gasteiger partial charge is 0.404 e. The van der Waals surface area contributed by atoms with Gasteiger partial charge >= 0.3 is 14.0 Å². The Morgan fingerprint density at radius 3 is 0.972 bits per heavy atom. The van der Waals surface area contributed by atoms with Crippen LogP contribution in [0.3, 0.4) is 0 Å². The molecular weight excluding hydrogens is 438 g/mol. The third kappa shape index (κ3) is 3.77. The van der Waals surface area contributed by atoms with Gasteiger partial charge in [0.2, 0.25) is 0 Å². The molecule has 0 fully saturated rings. The van der Waals surface area contributed by atoms with Crippen LogP contribution in [-0.2, 0) is 0 Å². The van der Waals surface area contributed by atoms with E-state index in [1.54, 1.807) is 0 Å². The Morgan fingerprint density at radius 2 is 0.639 bits per heavy atom. The van der Waals surface area contributed by atoms with E-state index < -0.39 is 0 Å². The first kappa shape index (κ1) is 20.8. The highest BCUT2D eigenvalue weighted by molar-refractivity contribution is 6.82. The predicted molar refractivity (Wildman–Crippen MR) is 155 cm³/mol. The molecule has 0 saturated carbocycles. The van der Waals surface area contributed by atoms with E-state index in [1.165, 1.54) is 33.2 Å². The molecule has 0 amide bonds. The Balaban J connectivity index is 1.05. The molecule has 7 rings (SSSR count). The van der Waals surface area contributed by atoms with E-state index in [2.05, 4.69) is 130 Å². The molecule has 2 heterocycles. The van der Waals surface area contributed by atoms with Crippen LogP contribution >= 0.6 is 0 Å². The third-order valence-corrected chi connectivity index (χ3v) is 7.06. The molecule has 6 heteroatoms. The van der Waals surface area contributed by atoms with Crippen molar-refractivity contribution in [2.24, 2.45) is 0 Å². The fourth-order valence-electron chi connectivity index (χ4n) is 5.10. The number of anilines is 4. The van der Waals surface area contributed by atoms with Gasteiger partial charge in [-0.1, -0.05) is 109 Å². The van der Waals surface area contributed by atoms with E-state index in [4.69, 9.17) is 0 Å². The summed E-state index contributed by atoms with van der Waals surface area (Å²) in [6, 6.07) is 42.9. The highest BCUT2D eigenvalue weighted by Gasteiger charge is 2.32. The van der Waals surface area contributed by atoms with Crippen molar-refractivity contribution in [3.8, 4) is 22.3 Å². The Bertz CT molecular complexity index is 1370. The van der Waals surface area contributed by atoms with Crippen LogP contribution in [0.15, 0.2) is 121 Å². The third-order valence-electron chi connectivity index (χ3n) is 7.06. The molecular formula is C30H24B2N4. The molecule has 170 valence electrons. The summed E-state index contributed by atoms with van der Waals surface area (Å²) in [7, 11) is 0. The fraction of sp³-hybridized carbons (Fsp3) is 0. The minimum Gasteiger partial charge on any atom is -0.404 e.